The third kappa shape index (κ3) is 2.65. The minimum Gasteiger partial charge on any atom is -0.432 e. The van der Waals surface area contributed by atoms with Gasteiger partial charge in [0, 0.05) is 0 Å². The zero-order valence-corrected chi connectivity index (χ0v) is 7.64. The van der Waals surface area contributed by atoms with E-state index >= 15 is 0 Å². The van der Waals surface area contributed by atoms with Crippen molar-refractivity contribution in [3.8, 4) is 5.75 Å². The molecule has 4 heteroatoms. The van der Waals surface area contributed by atoms with Gasteiger partial charge in [0.05, 0.1) is 0 Å². The van der Waals surface area contributed by atoms with Crippen molar-refractivity contribution in [2.45, 2.75) is 20.0 Å². The molecule has 77 valence electrons. The minimum atomic E-state index is -3.00. The van der Waals surface area contributed by atoms with E-state index in [9.17, 15) is 13.2 Å². The highest BCUT2D eigenvalue weighted by molar-refractivity contribution is 5.31. The monoisotopic (exact) mass is 203 g/mol. The summed E-state index contributed by atoms with van der Waals surface area (Å²) < 4.78 is 41.0. The van der Waals surface area contributed by atoms with Gasteiger partial charge in [-0.2, -0.15) is 8.78 Å². The molecule has 0 amide bonds. The van der Waals surface area contributed by atoms with Crippen molar-refractivity contribution in [1.82, 2.24) is 0 Å². The molecule has 0 heterocycles. The highest BCUT2D eigenvalue weighted by Gasteiger charge is 2.12. The average molecular weight is 203 g/mol. The van der Waals surface area contributed by atoms with E-state index in [2.05, 4.69) is 4.74 Å². The molecular weight excluding hydrogens is 193 g/mol. The van der Waals surface area contributed by atoms with E-state index in [1.54, 1.807) is 13.3 Å². The first-order valence-electron chi connectivity index (χ1n) is 4.15. The molecule has 1 nitrogen and oxygen atoms in total. The van der Waals surface area contributed by atoms with Crippen LogP contribution < -0.4 is 4.74 Å². The van der Waals surface area contributed by atoms with Crippen molar-refractivity contribution >= 4 is 0 Å². The number of hydrogen-bond acceptors (Lipinski definition) is 1. The maximum absolute atomic E-state index is 13.3. The van der Waals surface area contributed by atoms with Crippen molar-refractivity contribution < 1.29 is 17.9 Å². The van der Waals surface area contributed by atoms with Crippen molar-refractivity contribution in [3.05, 3.63) is 36.0 Å². The van der Waals surface area contributed by atoms with Gasteiger partial charge >= 0.3 is 6.61 Å². The molecule has 0 fully saturated rings. The van der Waals surface area contributed by atoms with E-state index in [-0.39, 0.29) is 0 Å². The van der Waals surface area contributed by atoms with E-state index < -0.39 is 18.2 Å². The molecule has 0 saturated carbocycles. The van der Waals surface area contributed by atoms with Gasteiger partial charge in [-0.3, -0.25) is 0 Å². The summed E-state index contributed by atoms with van der Waals surface area (Å²) in [6.45, 7) is -1.23. The van der Waals surface area contributed by atoms with Gasteiger partial charge in [0.1, 0.15) is 0 Å². The lowest BCUT2D eigenvalue weighted by Crippen LogP contribution is -2.05. The van der Waals surface area contributed by atoms with Gasteiger partial charge < -0.3 is 4.74 Å². The number of ether oxygens (including phenoxy) is 1. The summed E-state index contributed by atoms with van der Waals surface area (Å²) in [5.74, 6) is -1.12. The van der Waals surface area contributed by atoms with Gasteiger partial charge in [-0.1, -0.05) is 19.1 Å². The van der Waals surface area contributed by atoms with Crippen LogP contribution in [-0.2, 0) is 6.42 Å². The van der Waals surface area contributed by atoms with Crippen LogP contribution in [-0.4, -0.2) is 6.61 Å². The van der Waals surface area contributed by atoms with E-state index in [1.807, 2.05) is 0 Å². The molecule has 1 aromatic rings. The Bertz CT molecular complexity index is 299. The van der Waals surface area contributed by atoms with Crippen LogP contribution in [0.5, 0.6) is 5.75 Å². The molecule has 0 unspecified atom stereocenters. The van der Waals surface area contributed by atoms with E-state index in [0.717, 1.165) is 0 Å². The Morgan fingerprint density at radius 2 is 2.14 bits per heavy atom. The predicted octanol–water partition coefficient (Wildman–Crippen LogP) is 3.19. The summed E-state index contributed by atoms with van der Waals surface area (Å²) in [6, 6.07) is 4.20. The topological polar surface area (TPSA) is 9.23 Å². The van der Waals surface area contributed by atoms with Crippen LogP contribution in [0.15, 0.2) is 18.2 Å². The Balaban J connectivity index is 2.89. The highest BCUT2D eigenvalue weighted by atomic mass is 19.3. The third-order valence-electron chi connectivity index (χ3n) is 1.68. The van der Waals surface area contributed by atoms with Crippen molar-refractivity contribution in [2.24, 2.45) is 0 Å². The maximum Gasteiger partial charge on any atom is 0.387 e. The third-order valence-corrected chi connectivity index (χ3v) is 1.68. The van der Waals surface area contributed by atoms with Crippen LogP contribution in [0.1, 0.15) is 12.5 Å². The number of halogens is 3. The lowest BCUT2D eigenvalue weighted by molar-refractivity contribution is -0.0522. The van der Waals surface area contributed by atoms with Gasteiger partial charge in [-0.05, 0) is 24.5 Å². The molecule has 0 bridgehead atoms. The first kappa shape index (κ1) is 10.9. The second kappa shape index (κ2) is 4.88. The fourth-order valence-electron chi connectivity index (χ4n) is 1.12. The SMILES string of the molecule is C[CH]Cc1cccc(OC(F)F)c1F. The molecule has 1 rings (SSSR count). The molecule has 0 atom stereocenters. The normalized spacial score (nSPS) is 10.6. The largest absolute Gasteiger partial charge is 0.432 e. The predicted molar refractivity (Wildman–Crippen MR) is 46.7 cm³/mol. The summed E-state index contributed by atoms with van der Waals surface area (Å²) in [6.07, 6.45) is 2.14. The Kier molecular flexibility index (Phi) is 3.80. The number of benzene rings is 1. The molecule has 0 spiro atoms. The molecule has 14 heavy (non-hydrogen) atoms. The van der Waals surface area contributed by atoms with E-state index in [4.69, 9.17) is 0 Å². The smallest absolute Gasteiger partial charge is 0.387 e. The fourth-order valence-corrected chi connectivity index (χ4v) is 1.12. The molecule has 0 saturated heterocycles. The van der Waals surface area contributed by atoms with Crippen molar-refractivity contribution in [1.29, 1.82) is 0 Å². The molecule has 0 aliphatic heterocycles. The Labute approximate surface area is 80.5 Å². The number of alkyl halides is 2. The van der Waals surface area contributed by atoms with Crippen LogP contribution in [0.4, 0.5) is 13.2 Å². The zero-order valence-electron chi connectivity index (χ0n) is 7.64. The first-order valence-corrected chi connectivity index (χ1v) is 4.15. The minimum absolute atomic E-state index is 0.352. The van der Waals surface area contributed by atoms with Crippen LogP contribution in [0, 0.1) is 12.2 Å². The van der Waals surface area contributed by atoms with Crippen LogP contribution in [0.2, 0.25) is 0 Å². The average Bonchev–Trinajstić information content (AvgIpc) is 2.11. The lowest BCUT2D eigenvalue weighted by Gasteiger charge is -2.08. The Hall–Kier alpha value is -1.19. The second-order valence-corrected chi connectivity index (χ2v) is 2.72. The summed E-state index contributed by atoms with van der Waals surface area (Å²) in [5.41, 5.74) is 0.352. The van der Waals surface area contributed by atoms with Gasteiger partial charge in [0.15, 0.2) is 11.6 Å². The van der Waals surface area contributed by atoms with Gasteiger partial charge in [-0.25, -0.2) is 4.39 Å². The molecule has 0 N–H and O–H groups in total. The van der Waals surface area contributed by atoms with Gasteiger partial charge in [0.25, 0.3) is 0 Å². The molecule has 0 aromatic heterocycles. The van der Waals surface area contributed by atoms with Crippen LogP contribution in [0.3, 0.4) is 0 Å². The molecule has 0 aliphatic carbocycles. The Morgan fingerprint density at radius 3 is 2.71 bits per heavy atom. The lowest BCUT2D eigenvalue weighted by atomic mass is 10.1. The van der Waals surface area contributed by atoms with Gasteiger partial charge in [0.2, 0.25) is 0 Å². The summed E-state index contributed by atoms with van der Waals surface area (Å²) in [5, 5.41) is 0. The zero-order chi connectivity index (χ0) is 10.6. The Morgan fingerprint density at radius 1 is 1.43 bits per heavy atom. The first-order chi connectivity index (χ1) is 6.65. The van der Waals surface area contributed by atoms with E-state index in [0.29, 0.717) is 12.0 Å². The van der Waals surface area contributed by atoms with E-state index in [1.165, 1.54) is 18.2 Å². The fraction of sp³-hybridized carbons (Fsp3) is 0.300. The molecular formula is C10H10F3O. The van der Waals surface area contributed by atoms with Crippen molar-refractivity contribution in [2.75, 3.05) is 0 Å². The molecule has 1 radical (unpaired) electrons. The summed E-state index contributed by atoms with van der Waals surface area (Å²) >= 11 is 0. The maximum atomic E-state index is 13.3. The summed E-state index contributed by atoms with van der Waals surface area (Å²) in [7, 11) is 0. The summed E-state index contributed by atoms with van der Waals surface area (Å²) in [4.78, 5) is 0. The van der Waals surface area contributed by atoms with Crippen LogP contribution >= 0.6 is 0 Å². The number of rotatable bonds is 4. The molecule has 0 aliphatic rings. The standard InChI is InChI=1S/C10H10F3O/c1-2-4-7-5-3-6-8(9(7)11)14-10(12)13/h2-3,5-6,10H,4H2,1H3. The van der Waals surface area contributed by atoms with Gasteiger partial charge in [-0.15, -0.1) is 0 Å². The number of hydrogen-bond donors (Lipinski definition) is 0. The molecule has 1 aromatic carbocycles. The highest BCUT2D eigenvalue weighted by Crippen LogP contribution is 2.22. The quantitative estimate of drug-likeness (QED) is 0.730. The van der Waals surface area contributed by atoms with Crippen LogP contribution in [0.25, 0.3) is 0 Å². The van der Waals surface area contributed by atoms with Crippen molar-refractivity contribution in [3.63, 3.8) is 0 Å². The second-order valence-electron chi connectivity index (χ2n) is 2.72.